The smallest absolute Gasteiger partial charge is 0.416 e. The van der Waals surface area contributed by atoms with Crippen molar-refractivity contribution in [3.8, 4) is 11.3 Å². The molecule has 0 bridgehead atoms. The summed E-state index contributed by atoms with van der Waals surface area (Å²) in [6.45, 7) is 1.23. The van der Waals surface area contributed by atoms with E-state index in [-0.39, 0.29) is 23.6 Å². The molecule has 1 saturated heterocycles. The molecule has 1 amide bonds. The number of halogens is 4. The number of rotatable bonds is 4. The number of carbonyl (C=O) groups is 1. The van der Waals surface area contributed by atoms with Gasteiger partial charge in [0.2, 0.25) is 0 Å². The van der Waals surface area contributed by atoms with Crippen LogP contribution in [0.4, 0.5) is 13.2 Å². The van der Waals surface area contributed by atoms with E-state index in [4.69, 9.17) is 4.42 Å². The zero-order valence-corrected chi connectivity index (χ0v) is 18.1. The number of hydrogen-bond donors (Lipinski definition) is 2. The maximum absolute atomic E-state index is 12.9. The monoisotopic (exact) mass is 496 g/mol. The molecule has 10 heteroatoms. The Kier molecular flexibility index (Phi) is 5.94. The number of hydrogen-bond acceptors (Lipinski definition) is 4. The standard InChI is InChI=1S/C21H20BrF3N4O2/c1-29-19(16(22)9-27-29)13-8-18(31-11-13)20(30)28-17-10-26-7-6-15(17)12-2-4-14(5-3-12)21(23,24)25/h2-5,8-9,11,15,17,26H,6-7,10H2,1H3,(H,28,30)/t15-,17+/m1/s1. The lowest BCUT2D eigenvalue weighted by Crippen LogP contribution is -2.50. The minimum atomic E-state index is -4.37. The van der Waals surface area contributed by atoms with Crippen molar-refractivity contribution in [1.29, 1.82) is 0 Å². The first-order valence-electron chi connectivity index (χ1n) is 9.69. The fourth-order valence-corrected chi connectivity index (χ4v) is 4.46. The molecule has 3 heterocycles. The maximum atomic E-state index is 12.9. The Balaban J connectivity index is 1.50. The molecule has 1 aliphatic heterocycles. The number of amides is 1. The number of benzene rings is 1. The highest BCUT2D eigenvalue weighted by Gasteiger charge is 2.32. The lowest BCUT2D eigenvalue weighted by Gasteiger charge is -2.33. The van der Waals surface area contributed by atoms with Gasteiger partial charge < -0.3 is 15.1 Å². The van der Waals surface area contributed by atoms with Crippen molar-refractivity contribution in [3.63, 3.8) is 0 Å². The predicted octanol–water partition coefficient (Wildman–Crippen LogP) is 4.34. The lowest BCUT2D eigenvalue weighted by atomic mass is 9.85. The molecule has 0 spiro atoms. The van der Waals surface area contributed by atoms with E-state index < -0.39 is 11.7 Å². The van der Waals surface area contributed by atoms with Gasteiger partial charge in [0, 0.05) is 31.1 Å². The van der Waals surface area contributed by atoms with E-state index in [0.717, 1.165) is 34.4 Å². The number of nitrogens with one attached hydrogen (secondary N) is 2. The van der Waals surface area contributed by atoms with Crippen LogP contribution in [0, 0.1) is 0 Å². The van der Waals surface area contributed by atoms with Gasteiger partial charge in [-0.2, -0.15) is 18.3 Å². The van der Waals surface area contributed by atoms with Gasteiger partial charge in [-0.25, -0.2) is 0 Å². The molecule has 6 nitrogen and oxygen atoms in total. The highest BCUT2D eigenvalue weighted by Crippen LogP contribution is 2.33. The molecule has 0 saturated carbocycles. The van der Waals surface area contributed by atoms with E-state index in [1.54, 1.807) is 24.0 Å². The summed E-state index contributed by atoms with van der Waals surface area (Å²) in [5.74, 6) is -0.330. The fraction of sp³-hybridized carbons (Fsp3) is 0.333. The molecule has 2 aromatic heterocycles. The molecule has 1 aliphatic rings. The lowest BCUT2D eigenvalue weighted by molar-refractivity contribution is -0.137. The van der Waals surface area contributed by atoms with Gasteiger partial charge in [0.05, 0.1) is 21.9 Å². The van der Waals surface area contributed by atoms with Gasteiger partial charge in [-0.15, -0.1) is 0 Å². The summed E-state index contributed by atoms with van der Waals surface area (Å²) in [7, 11) is 1.79. The highest BCUT2D eigenvalue weighted by molar-refractivity contribution is 9.10. The van der Waals surface area contributed by atoms with Crippen molar-refractivity contribution in [2.75, 3.05) is 13.1 Å². The molecular weight excluding hydrogens is 477 g/mol. The predicted molar refractivity (Wildman–Crippen MR) is 112 cm³/mol. The first-order valence-corrected chi connectivity index (χ1v) is 10.5. The number of nitrogens with zero attached hydrogens (tertiary/aromatic N) is 2. The number of carbonyl (C=O) groups excluding carboxylic acids is 1. The Bertz CT molecular complexity index is 1060. The molecule has 3 aromatic rings. The summed E-state index contributed by atoms with van der Waals surface area (Å²) < 4.78 is 46.5. The van der Waals surface area contributed by atoms with Gasteiger partial charge in [0.25, 0.3) is 5.91 Å². The van der Waals surface area contributed by atoms with Gasteiger partial charge in [0.1, 0.15) is 6.26 Å². The largest absolute Gasteiger partial charge is 0.458 e. The van der Waals surface area contributed by atoms with Crippen LogP contribution in [0.3, 0.4) is 0 Å². The zero-order valence-electron chi connectivity index (χ0n) is 16.5. The number of furan rings is 1. The van der Waals surface area contributed by atoms with Gasteiger partial charge in [0.15, 0.2) is 5.76 Å². The van der Waals surface area contributed by atoms with E-state index in [1.165, 1.54) is 18.4 Å². The summed E-state index contributed by atoms with van der Waals surface area (Å²) in [4.78, 5) is 12.8. The topological polar surface area (TPSA) is 72.1 Å². The average Bonchev–Trinajstić information content (AvgIpc) is 3.34. The summed E-state index contributed by atoms with van der Waals surface area (Å²) in [6, 6.07) is 6.50. The molecule has 2 N–H and O–H groups in total. The molecule has 2 atom stereocenters. The van der Waals surface area contributed by atoms with Gasteiger partial charge in [-0.05, 0) is 52.7 Å². The molecule has 4 rings (SSSR count). The van der Waals surface area contributed by atoms with Crippen LogP contribution >= 0.6 is 15.9 Å². The quantitative estimate of drug-likeness (QED) is 0.563. The minimum Gasteiger partial charge on any atom is -0.458 e. The first-order chi connectivity index (χ1) is 14.7. The van der Waals surface area contributed by atoms with Gasteiger partial charge in [-0.1, -0.05) is 12.1 Å². The van der Waals surface area contributed by atoms with Crippen LogP contribution in [0.5, 0.6) is 0 Å². The first kappa shape index (κ1) is 21.6. The highest BCUT2D eigenvalue weighted by atomic mass is 79.9. The van der Waals surface area contributed by atoms with Crippen molar-refractivity contribution in [3.05, 3.63) is 64.2 Å². The van der Waals surface area contributed by atoms with E-state index in [1.807, 2.05) is 0 Å². The fourth-order valence-electron chi connectivity index (χ4n) is 3.88. The van der Waals surface area contributed by atoms with E-state index in [0.29, 0.717) is 18.5 Å². The molecule has 1 aromatic carbocycles. The number of aryl methyl sites for hydroxylation is 1. The molecule has 31 heavy (non-hydrogen) atoms. The van der Waals surface area contributed by atoms with Crippen molar-refractivity contribution < 1.29 is 22.4 Å². The molecule has 164 valence electrons. The molecule has 0 aliphatic carbocycles. The van der Waals surface area contributed by atoms with Crippen LogP contribution in [0.1, 0.15) is 34.0 Å². The minimum absolute atomic E-state index is 0.104. The SMILES string of the molecule is Cn1ncc(Br)c1-c1coc(C(=O)N[C@H]2CNCC[C@@H]2c2ccc(C(F)(F)F)cc2)c1. The second-order valence-electron chi connectivity index (χ2n) is 7.46. The average molecular weight is 497 g/mol. The molecule has 0 unspecified atom stereocenters. The Hall–Kier alpha value is -2.59. The van der Waals surface area contributed by atoms with Crippen LogP contribution in [0.15, 0.2) is 51.7 Å². The Morgan fingerprint density at radius 2 is 2.06 bits per heavy atom. The summed E-state index contributed by atoms with van der Waals surface area (Å²) >= 11 is 3.43. The van der Waals surface area contributed by atoms with Crippen LogP contribution in [0.2, 0.25) is 0 Å². The number of piperidine rings is 1. The Morgan fingerprint density at radius 3 is 2.71 bits per heavy atom. The third-order valence-electron chi connectivity index (χ3n) is 5.46. The van der Waals surface area contributed by atoms with E-state index in [2.05, 4.69) is 31.7 Å². The third kappa shape index (κ3) is 4.54. The van der Waals surface area contributed by atoms with Crippen molar-refractivity contribution >= 4 is 21.8 Å². The molecule has 0 radical (unpaired) electrons. The third-order valence-corrected chi connectivity index (χ3v) is 6.04. The summed E-state index contributed by atoms with van der Waals surface area (Å²) in [6.07, 6.45) is -0.532. The normalized spacial score (nSPS) is 19.4. The zero-order chi connectivity index (χ0) is 22.2. The van der Waals surface area contributed by atoms with Gasteiger partial charge >= 0.3 is 6.18 Å². The Labute approximate surface area is 184 Å². The number of aromatic nitrogens is 2. The van der Waals surface area contributed by atoms with E-state index in [9.17, 15) is 18.0 Å². The molecular formula is C21H20BrF3N4O2. The van der Waals surface area contributed by atoms with Crippen LogP contribution in [-0.2, 0) is 13.2 Å². The van der Waals surface area contributed by atoms with Crippen LogP contribution in [-0.4, -0.2) is 34.8 Å². The summed E-state index contributed by atoms with van der Waals surface area (Å²) in [5.41, 5.74) is 1.57. The maximum Gasteiger partial charge on any atom is 0.416 e. The molecule has 1 fully saturated rings. The van der Waals surface area contributed by atoms with Crippen molar-refractivity contribution in [2.24, 2.45) is 7.05 Å². The Morgan fingerprint density at radius 1 is 1.32 bits per heavy atom. The second-order valence-corrected chi connectivity index (χ2v) is 8.32. The van der Waals surface area contributed by atoms with Gasteiger partial charge in [-0.3, -0.25) is 9.48 Å². The second kappa shape index (κ2) is 8.51. The van der Waals surface area contributed by atoms with Crippen molar-refractivity contribution in [1.82, 2.24) is 20.4 Å². The summed E-state index contributed by atoms with van der Waals surface area (Å²) in [5, 5.41) is 10.3. The number of alkyl halides is 3. The van der Waals surface area contributed by atoms with Crippen molar-refractivity contribution in [2.45, 2.75) is 24.6 Å². The van der Waals surface area contributed by atoms with E-state index >= 15 is 0 Å². The van der Waals surface area contributed by atoms with Crippen LogP contribution < -0.4 is 10.6 Å². The van der Waals surface area contributed by atoms with Crippen LogP contribution in [0.25, 0.3) is 11.3 Å².